The highest BCUT2D eigenvalue weighted by atomic mass is 35.5. The monoisotopic (exact) mass is 503 g/mol. The second kappa shape index (κ2) is 11.7. The molecule has 3 aromatic carbocycles. The Kier molecular flexibility index (Phi) is 8.44. The van der Waals surface area contributed by atoms with E-state index in [0.717, 1.165) is 42.6 Å². The normalized spacial score (nSPS) is 15.4. The Bertz CT molecular complexity index is 1220. The summed E-state index contributed by atoms with van der Waals surface area (Å²) in [5.41, 5.74) is 4.87. The zero-order valence-electron chi connectivity index (χ0n) is 21.2. The number of carbonyl (C=O) groups is 2. The number of carbonyl (C=O) groups excluding carboxylic acids is 2. The molecule has 0 saturated carbocycles. The summed E-state index contributed by atoms with van der Waals surface area (Å²) in [6, 6.07) is 20.9. The lowest BCUT2D eigenvalue weighted by Gasteiger charge is -2.25. The summed E-state index contributed by atoms with van der Waals surface area (Å²) in [4.78, 5) is 28.1. The van der Waals surface area contributed by atoms with Gasteiger partial charge >= 0.3 is 0 Å². The molecule has 2 N–H and O–H groups in total. The van der Waals surface area contributed by atoms with Crippen molar-refractivity contribution in [3.8, 4) is 0 Å². The zero-order chi connectivity index (χ0) is 25.7. The van der Waals surface area contributed by atoms with Gasteiger partial charge in [-0.05, 0) is 98.3 Å². The van der Waals surface area contributed by atoms with E-state index in [1.807, 2.05) is 48.2 Å². The molecule has 1 aliphatic rings. The van der Waals surface area contributed by atoms with Crippen molar-refractivity contribution in [3.05, 3.63) is 94.0 Å². The maximum Gasteiger partial charge on any atom is 0.258 e. The smallest absolute Gasteiger partial charge is 0.258 e. The van der Waals surface area contributed by atoms with Crippen LogP contribution in [0.5, 0.6) is 0 Å². The lowest BCUT2D eigenvalue weighted by atomic mass is 9.91. The van der Waals surface area contributed by atoms with Crippen molar-refractivity contribution < 1.29 is 9.59 Å². The van der Waals surface area contributed by atoms with Crippen molar-refractivity contribution in [3.63, 3.8) is 0 Å². The maximum absolute atomic E-state index is 13.6. The van der Waals surface area contributed by atoms with Gasteiger partial charge in [0, 0.05) is 40.1 Å². The highest BCUT2D eigenvalue weighted by Gasteiger charge is 2.27. The fourth-order valence-electron chi connectivity index (χ4n) is 4.81. The molecule has 6 heteroatoms. The third kappa shape index (κ3) is 6.15. The Morgan fingerprint density at radius 1 is 1.06 bits per heavy atom. The van der Waals surface area contributed by atoms with Crippen LogP contribution in [0.3, 0.4) is 0 Å². The molecule has 0 spiro atoms. The fourth-order valence-corrected chi connectivity index (χ4v) is 4.99. The van der Waals surface area contributed by atoms with Gasteiger partial charge in [0.2, 0.25) is 0 Å². The number of nitrogens with zero attached hydrogens (tertiary/aromatic N) is 1. The van der Waals surface area contributed by atoms with E-state index < -0.39 is 0 Å². The molecule has 0 saturated heterocycles. The van der Waals surface area contributed by atoms with Crippen LogP contribution in [0, 0.1) is 6.92 Å². The standard InChI is InChI=1S/C30H34ClN3O2/c1-20(2)32-17-16-22-8-6-18-34(28-15-12-24(31)19-27(22)28)30(36)23-10-13-25(14-11-23)33-29(35)26-9-5-4-7-21(26)3/h4-5,7,9-15,19-20,22,32H,6,8,16-18H2,1-3H3,(H,33,35). The molecule has 0 fully saturated rings. The van der Waals surface area contributed by atoms with Crippen molar-refractivity contribution in [2.45, 2.75) is 52.0 Å². The highest BCUT2D eigenvalue weighted by Crippen LogP contribution is 2.38. The van der Waals surface area contributed by atoms with Crippen molar-refractivity contribution in [1.82, 2.24) is 5.32 Å². The van der Waals surface area contributed by atoms with Crippen LogP contribution >= 0.6 is 11.6 Å². The average molecular weight is 504 g/mol. The number of aryl methyl sites for hydroxylation is 1. The number of nitrogens with one attached hydrogen (secondary N) is 2. The minimum atomic E-state index is -0.163. The van der Waals surface area contributed by atoms with Gasteiger partial charge in [-0.2, -0.15) is 0 Å². The van der Waals surface area contributed by atoms with Crippen LogP contribution in [0.2, 0.25) is 5.02 Å². The minimum Gasteiger partial charge on any atom is -0.322 e. The van der Waals surface area contributed by atoms with E-state index in [4.69, 9.17) is 11.6 Å². The molecular formula is C30H34ClN3O2. The number of halogens is 1. The summed E-state index contributed by atoms with van der Waals surface area (Å²) in [5.74, 6) is 0.140. The second-order valence-electron chi connectivity index (χ2n) is 9.74. The van der Waals surface area contributed by atoms with Crippen molar-refractivity contribution in [1.29, 1.82) is 0 Å². The van der Waals surface area contributed by atoms with Crippen LogP contribution in [-0.2, 0) is 0 Å². The average Bonchev–Trinajstić information content (AvgIpc) is 3.03. The Morgan fingerprint density at radius 2 is 1.81 bits per heavy atom. The molecule has 0 bridgehead atoms. The van der Waals surface area contributed by atoms with Gasteiger partial charge in [-0.1, -0.05) is 43.6 Å². The van der Waals surface area contributed by atoms with Crippen LogP contribution in [0.1, 0.15) is 70.9 Å². The lowest BCUT2D eigenvalue weighted by molar-refractivity contribution is 0.0985. The van der Waals surface area contributed by atoms with Gasteiger partial charge in [-0.3, -0.25) is 9.59 Å². The molecule has 1 atom stereocenters. The summed E-state index contributed by atoms with van der Waals surface area (Å²) in [6.45, 7) is 7.80. The van der Waals surface area contributed by atoms with Gasteiger partial charge in [0.1, 0.15) is 0 Å². The van der Waals surface area contributed by atoms with E-state index >= 15 is 0 Å². The molecular weight excluding hydrogens is 470 g/mol. The van der Waals surface area contributed by atoms with E-state index in [0.29, 0.717) is 40.3 Å². The van der Waals surface area contributed by atoms with Gasteiger partial charge < -0.3 is 15.5 Å². The van der Waals surface area contributed by atoms with Crippen LogP contribution in [0.25, 0.3) is 0 Å². The molecule has 4 rings (SSSR count). The number of amides is 2. The Labute approximate surface area is 218 Å². The number of hydrogen-bond acceptors (Lipinski definition) is 3. The molecule has 188 valence electrons. The Morgan fingerprint density at radius 3 is 2.53 bits per heavy atom. The first-order valence-electron chi connectivity index (χ1n) is 12.6. The molecule has 3 aromatic rings. The maximum atomic E-state index is 13.6. The molecule has 1 aliphatic heterocycles. The zero-order valence-corrected chi connectivity index (χ0v) is 21.9. The first-order valence-corrected chi connectivity index (χ1v) is 13.0. The molecule has 0 radical (unpaired) electrons. The molecule has 2 amide bonds. The van der Waals surface area contributed by atoms with Gasteiger partial charge in [0.05, 0.1) is 0 Å². The fraction of sp³-hybridized carbons (Fsp3) is 0.333. The van der Waals surface area contributed by atoms with Crippen molar-refractivity contribution >= 4 is 34.8 Å². The SMILES string of the molecule is Cc1ccccc1C(=O)Nc1ccc(C(=O)N2CCCC(CCNC(C)C)c3cc(Cl)ccc32)cc1. The topological polar surface area (TPSA) is 61.4 Å². The van der Waals surface area contributed by atoms with Gasteiger partial charge in [-0.25, -0.2) is 0 Å². The second-order valence-corrected chi connectivity index (χ2v) is 10.2. The van der Waals surface area contributed by atoms with Gasteiger partial charge in [-0.15, -0.1) is 0 Å². The molecule has 0 aliphatic carbocycles. The number of fused-ring (bicyclic) bond motifs is 1. The van der Waals surface area contributed by atoms with Crippen LogP contribution in [-0.4, -0.2) is 30.9 Å². The van der Waals surface area contributed by atoms with Crippen molar-refractivity contribution in [2.24, 2.45) is 0 Å². The van der Waals surface area contributed by atoms with E-state index in [1.165, 1.54) is 0 Å². The Balaban J connectivity index is 1.51. The van der Waals surface area contributed by atoms with E-state index in [1.54, 1.807) is 30.3 Å². The van der Waals surface area contributed by atoms with E-state index in [2.05, 4.69) is 24.5 Å². The molecule has 1 unspecified atom stereocenters. The third-order valence-electron chi connectivity index (χ3n) is 6.72. The molecule has 0 aromatic heterocycles. The summed E-state index contributed by atoms with van der Waals surface area (Å²) in [6.07, 6.45) is 2.94. The van der Waals surface area contributed by atoms with E-state index in [-0.39, 0.29) is 11.8 Å². The van der Waals surface area contributed by atoms with Gasteiger partial charge in [0.15, 0.2) is 0 Å². The summed E-state index contributed by atoms with van der Waals surface area (Å²) in [5, 5.41) is 7.13. The number of benzene rings is 3. The van der Waals surface area contributed by atoms with Gasteiger partial charge in [0.25, 0.3) is 11.8 Å². The van der Waals surface area contributed by atoms with Crippen LogP contribution in [0.4, 0.5) is 11.4 Å². The van der Waals surface area contributed by atoms with Crippen molar-refractivity contribution in [2.75, 3.05) is 23.3 Å². The number of rotatable bonds is 7. The molecule has 5 nitrogen and oxygen atoms in total. The van der Waals surface area contributed by atoms with Crippen LogP contribution < -0.4 is 15.5 Å². The third-order valence-corrected chi connectivity index (χ3v) is 6.96. The number of anilines is 2. The van der Waals surface area contributed by atoms with E-state index in [9.17, 15) is 9.59 Å². The minimum absolute atomic E-state index is 0.0451. The number of hydrogen-bond donors (Lipinski definition) is 2. The Hall–Kier alpha value is -3.15. The predicted octanol–water partition coefficient (Wildman–Crippen LogP) is 6.81. The molecule has 36 heavy (non-hydrogen) atoms. The first kappa shape index (κ1) is 25.9. The largest absolute Gasteiger partial charge is 0.322 e. The summed E-state index contributed by atoms with van der Waals surface area (Å²) < 4.78 is 0. The predicted molar refractivity (Wildman–Crippen MR) is 148 cm³/mol. The van der Waals surface area contributed by atoms with Crippen LogP contribution in [0.15, 0.2) is 66.7 Å². The highest BCUT2D eigenvalue weighted by molar-refractivity contribution is 6.30. The lowest BCUT2D eigenvalue weighted by Crippen LogP contribution is -2.31. The summed E-state index contributed by atoms with van der Waals surface area (Å²) >= 11 is 6.38. The molecule has 1 heterocycles. The first-order chi connectivity index (χ1) is 17.3. The summed E-state index contributed by atoms with van der Waals surface area (Å²) in [7, 11) is 0. The quantitative estimate of drug-likeness (QED) is 0.372.